The molecule has 1 aliphatic rings. The van der Waals surface area contributed by atoms with Gasteiger partial charge in [0.05, 0.1) is 5.92 Å². The third kappa shape index (κ3) is 2.62. The largest absolute Gasteiger partial charge is 0.481 e. The zero-order chi connectivity index (χ0) is 17.6. The monoisotopic (exact) mass is 330 g/mol. The summed E-state index contributed by atoms with van der Waals surface area (Å²) >= 11 is 0. The van der Waals surface area contributed by atoms with Crippen LogP contribution in [0.4, 0.5) is 0 Å². The van der Waals surface area contributed by atoms with E-state index in [4.69, 9.17) is 4.74 Å². The summed E-state index contributed by atoms with van der Waals surface area (Å²) in [7, 11) is 0. The van der Waals surface area contributed by atoms with Crippen LogP contribution in [0, 0.1) is 5.41 Å². The molecule has 0 unspecified atom stereocenters. The van der Waals surface area contributed by atoms with Crippen molar-refractivity contribution in [3.63, 3.8) is 0 Å². The van der Waals surface area contributed by atoms with E-state index in [0.29, 0.717) is 0 Å². The standard InChI is InChI=1S/C23H22O2/c1-23(2,3)22(24)21-19(16-10-5-4-6-11-16)20-17-12-8-7-9-15(17)13-14-18(20)25-21/h4-14,19,21H,1-3H3/t19-,21-/m0/s1. The van der Waals surface area contributed by atoms with Gasteiger partial charge in [-0.1, -0.05) is 81.4 Å². The molecule has 1 aliphatic heterocycles. The lowest BCUT2D eigenvalue weighted by molar-refractivity contribution is -0.133. The molecule has 0 amide bonds. The van der Waals surface area contributed by atoms with E-state index in [1.165, 1.54) is 5.39 Å². The summed E-state index contributed by atoms with van der Waals surface area (Å²) in [5.74, 6) is 0.894. The molecule has 0 radical (unpaired) electrons. The molecule has 0 fully saturated rings. The number of benzene rings is 3. The summed E-state index contributed by atoms with van der Waals surface area (Å²) in [5, 5.41) is 2.34. The molecule has 0 N–H and O–H groups in total. The quantitative estimate of drug-likeness (QED) is 0.633. The minimum atomic E-state index is -0.483. The van der Waals surface area contributed by atoms with Crippen LogP contribution in [0.1, 0.15) is 37.8 Å². The fraction of sp³-hybridized carbons (Fsp3) is 0.261. The Morgan fingerprint density at radius 2 is 1.56 bits per heavy atom. The number of fused-ring (bicyclic) bond motifs is 3. The molecule has 4 rings (SSSR count). The summed E-state index contributed by atoms with van der Waals surface area (Å²) in [6, 6.07) is 22.6. The van der Waals surface area contributed by atoms with Gasteiger partial charge in [-0.05, 0) is 22.4 Å². The Morgan fingerprint density at radius 3 is 2.28 bits per heavy atom. The number of carbonyl (C=O) groups is 1. The van der Waals surface area contributed by atoms with E-state index < -0.39 is 11.5 Å². The summed E-state index contributed by atoms with van der Waals surface area (Å²) in [6.45, 7) is 5.88. The van der Waals surface area contributed by atoms with Crippen molar-refractivity contribution in [3.05, 3.63) is 77.9 Å². The molecule has 0 aromatic heterocycles. The van der Waals surface area contributed by atoms with Gasteiger partial charge in [0.25, 0.3) is 0 Å². The predicted octanol–water partition coefficient (Wildman–Crippen LogP) is 5.35. The van der Waals surface area contributed by atoms with Crippen LogP contribution in [0.25, 0.3) is 10.8 Å². The number of ether oxygens (including phenoxy) is 1. The summed E-state index contributed by atoms with van der Waals surface area (Å²) in [4.78, 5) is 13.1. The summed E-state index contributed by atoms with van der Waals surface area (Å²) in [6.07, 6.45) is -0.483. The molecule has 0 saturated heterocycles. The molecule has 2 nitrogen and oxygen atoms in total. The summed E-state index contributed by atoms with van der Waals surface area (Å²) < 4.78 is 6.22. The first-order valence-corrected chi connectivity index (χ1v) is 8.74. The van der Waals surface area contributed by atoms with E-state index in [2.05, 4.69) is 30.3 Å². The maximum atomic E-state index is 13.1. The lowest BCUT2D eigenvalue weighted by Gasteiger charge is -2.25. The van der Waals surface area contributed by atoms with Gasteiger partial charge in [0.2, 0.25) is 0 Å². The first kappa shape index (κ1) is 15.9. The number of ketones is 1. The highest BCUT2D eigenvalue weighted by Crippen LogP contribution is 2.47. The molecule has 1 heterocycles. The fourth-order valence-corrected chi connectivity index (χ4v) is 3.69. The molecule has 0 saturated carbocycles. The molecule has 2 atom stereocenters. The van der Waals surface area contributed by atoms with Crippen LogP contribution in [0.2, 0.25) is 0 Å². The second-order valence-corrected chi connectivity index (χ2v) is 7.74. The van der Waals surface area contributed by atoms with Crippen molar-refractivity contribution in [1.29, 1.82) is 0 Å². The van der Waals surface area contributed by atoms with Gasteiger partial charge in [-0.3, -0.25) is 4.79 Å². The minimum Gasteiger partial charge on any atom is -0.481 e. The summed E-state index contributed by atoms with van der Waals surface area (Å²) in [5.41, 5.74) is 1.81. The SMILES string of the molecule is CC(C)(C)C(=O)[C@H]1Oc2ccc3ccccc3c2[C@@H]1c1ccccc1. The van der Waals surface area contributed by atoms with Crippen molar-refractivity contribution >= 4 is 16.6 Å². The van der Waals surface area contributed by atoms with Crippen LogP contribution < -0.4 is 4.74 Å². The number of hydrogen-bond acceptors (Lipinski definition) is 2. The number of carbonyl (C=O) groups excluding carboxylic acids is 1. The third-order valence-electron chi connectivity index (χ3n) is 4.95. The van der Waals surface area contributed by atoms with Crippen molar-refractivity contribution in [2.45, 2.75) is 32.8 Å². The Kier molecular flexibility index (Phi) is 3.64. The average Bonchev–Trinajstić information content (AvgIpc) is 3.00. The molecular weight excluding hydrogens is 308 g/mol. The normalized spacial score (nSPS) is 19.5. The van der Waals surface area contributed by atoms with E-state index in [9.17, 15) is 4.79 Å². The smallest absolute Gasteiger partial charge is 0.179 e. The number of rotatable bonds is 2. The van der Waals surface area contributed by atoms with Gasteiger partial charge >= 0.3 is 0 Å². The van der Waals surface area contributed by atoms with Crippen LogP contribution >= 0.6 is 0 Å². The highest BCUT2D eigenvalue weighted by molar-refractivity contribution is 5.95. The fourth-order valence-electron chi connectivity index (χ4n) is 3.69. The lowest BCUT2D eigenvalue weighted by Crippen LogP contribution is -2.38. The van der Waals surface area contributed by atoms with Gasteiger partial charge in [-0.25, -0.2) is 0 Å². The molecule has 25 heavy (non-hydrogen) atoms. The minimum absolute atomic E-state index is 0.0750. The first-order valence-electron chi connectivity index (χ1n) is 8.74. The van der Waals surface area contributed by atoms with Gasteiger partial charge in [0.1, 0.15) is 5.75 Å². The number of Topliss-reactive ketones (excluding diaryl/α,β-unsaturated/α-hetero) is 1. The van der Waals surface area contributed by atoms with E-state index in [0.717, 1.165) is 22.3 Å². The van der Waals surface area contributed by atoms with Crippen LogP contribution in [-0.4, -0.2) is 11.9 Å². The molecule has 126 valence electrons. The van der Waals surface area contributed by atoms with Gasteiger partial charge in [0.15, 0.2) is 11.9 Å². The van der Waals surface area contributed by atoms with Crippen molar-refractivity contribution in [1.82, 2.24) is 0 Å². The Balaban J connectivity index is 1.95. The second kappa shape index (κ2) is 5.73. The highest BCUT2D eigenvalue weighted by Gasteiger charge is 2.44. The van der Waals surface area contributed by atoms with Crippen molar-refractivity contribution in [2.75, 3.05) is 0 Å². The number of hydrogen-bond donors (Lipinski definition) is 0. The molecular formula is C23H22O2. The molecule has 0 spiro atoms. The Labute approximate surface area is 148 Å². The van der Waals surface area contributed by atoms with E-state index in [1.807, 2.05) is 57.2 Å². The maximum absolute atomic E-state index is 13.1. The van der Waals surface area contributed by atoms with Crippen molar-refractivity contribution < 1.29 is 9.53 Å². The highest BCUT2D eigenvalue weighted by atomic mass is 16.5. The zero-order valence-electron chi connectivity index (χ0n) is 14.8. The molecule has 0 bridgehead atoms. The first-order chi connectivity index (χ1) is 12.0. The molecule has 2 heteroatoms. The Hall–Kier alpha value is -2.61. The van der Waals surface area contributed by atoms with Crippen LogP contribution in [0.15, 0.2) is 66.7 Å². The topological polar surface area (TPSA) is 26.3 Å². The molecule has 0 aliphatic carbocycles. The van der Waals surface area contributed by atoms with E-state index in [1.54, 1.807) is 0 Å². The Bertz CT molecular complexity index is 935. The van der Waals surface area contributed by atoms with Crippen molar-refractivity contribution in [2.24, 2.45) is 5.41 Å². The van der Waals surface area contributed by atoms with E-state index >= 15 is 0 Å². The molecule has 3 aromatic rings. The van der Waals surface area contributed by atoms with E-state index in [-0.39, 0.29) is 11.7 Å². The van der Waals surface area contributed by atoms with Crippen molar-refractivity contribution in [3.8, 4) is 5.75 Å². The van der Waals surface area contributed by atoms with Crippen LogP contribution in [0.3, 0.4) is 0 Å². The van der Waals surface area contributed by atoms with Gasteiger partial charge < -0.3 is 4.74 Å². The van der Waals surface area contributed by atoms with Gasteiger partial charge in [-0.15, -0.1) is 0 Å². The lowest BCUT2D eigenvalue weighted by atomic mass is 9.78. The zero-order valence-corrected chi connectivity index (χ0v) is 14.8. The predicted molar refractivity (Wildman–Crippen MR) is 101 cm³/mol. The maximum Gasteiger partial charge on any atom is 0.179 e. The molecule has 3 aromatic carbocycles. The Morgan fingerprint density at radius 1 is 0.880 bits per heavy atom. The van der Waals surface area contributed by atoms with Crippen LogP contribution in [-0.2, 0) is 4.79 Å². The van der Waals surface area contributed by atoms with Gasteiger partial charge in [0, 0.05) is 11.0 Å². The average molecular weight is 330 g/mol. The van der Waals surface area contributed by atoms with Gasteiger partial charge in [-0.2, -0.15) is 0 Å². The third-order valence-corrected chi connectivity index (χ3v) is 4.95. The second-order valence-electron chi connectivity index (χ2n) is 7.74. The van der Waals surface area contributed by atoms with Crippen LogP contribution in [0.5, 0.6) is 5.75 Å².